The smallest absolute Gasteiger partial charge is 0.0309 e. The van der Waals surface area contributed by atoms with E-state index in [1.807, 2.05) is 0 Å². The molecule has 1 atom stereocenters. The first-order valence-electron chi connectivity index (χ1n) is 7.19. The molecule has 1 heterocycles. The molecular formula is C14H26N2. The zero-order chi connectivity index (χ0) is 11.2. The van der Waals surface area contributed by atoms with Gasteiger partial charge in [0, 0.05) is 30.7 Å². The summed E-state index contributed by atoms with van der Waals surface area (Å²) in [5.74, 6) is 0.962. The fourth-order valence-corrected chi connectivity index (χ4v) is 3.88. The lowest BCUT2D eigenvalue weighted by Crippen LogP contribution is -2.67. The molecule has 16 heavy (non-hydrogen) atoms. The molecule has 1 aliphatic heterocycles. The molecular weight excluding hydrogens is 196 g/mol. The van der Waals surface area contributed by atoms with Gasteiger partial charge in [0.2, 0.25) is 0 Å². The minimum atomic E-state index is 0.427. The zero-order valence-corrected chi connectivity index (χ0v) is 10.9. The monoisotopic (exact) mass is 222 g/mol. The summed E-state index contributed by atoms with van der Waals surface area (Å²) >= 11 is 0. The molecule has 3 fully saturated rings. The number of rotatable bonds is 3. The van der Waals surface area contributed by atoms with Crippen molar-refractivity contribution in [2.24, 2.45) is 5.92 Å². The van der Waals surface area contributed by atoms with Crippen molar-refractivity contribution in [3.05, 3.63) is 0 Å². The predicted molar refractivity (Wildman–Crippen MR) is 67.6 cm³/mol. The van der Waals surface area contributed by atoms with Gasteiger partial charge in [-0.1, -0.05) is 6.92 Å². The molecule has 3 rings (SSSR count). The second kappa shape index (κ2) is 3.71. The van der Waals surface area contributed by atoms with Crippen LogP contribution in [0.1, 0.15) is 52.4 Å². The predicted octanol–water partition coefficient (Wildman–Crippen LogP) is 2.39. The van der Waals surface area contributed by atoms with Crippen molar-refractivity contribution in [2.45, 2.75) is 63.5 Å². The van der Waals surface area contributed by atoms with Crippen LogP contribution in [0, 0.1) is 5.92 Å². The van der Waals surface area contributed by atoms with Gasteiger partial charge >= 0.3 is 0 Å². The fourth-order valence-electron chi connectivity index (χ4n) is 3.88. The number of hydrogen-bond donors (Lipinski definition) is 1. The molecule has 2 heteroatoms. The van der Waals surface area contributed by atoms with Crippen molar-refractivity contribution in [3.8, 4) is 0 Å². The Hall–Kier alpha value is -0.0800. The Bertz CT molecular complexity index is 262. The van der Waals surface area contributed by atoms with Crippen molar-refractivity contribution < 1.29 is 0 Å². The Balaban J connectivity index is 1.71. The number of nitrogens with one attached hydrogen (secondary N) is 1. The summed E-state index contributed by atoms with van der Waals surface area (Å²) in [6.45, 7) is 8.62. The molecule has 0 radical (unpaired) electrons. The van der Waals surface area contributed by atoms with Gasteiger partial charge in [-0.3, -0.25) is 4.90 Å². The van der Waals surface area contributed by atoms with Gasteiger partial charge in [-0.25, -0.2) is 0 Å². The molecule has 1 saturated heterocycles. The van der Waals surface area contributed by atoms with E-state index in [2.05, 4.69) is 24.1 Å². The van der Waals surface area contributed by atoms with Crippen LogP contribution < -0.4 is 5.32 Å². The van der Waals surface area contributed by atoms with Gasteiger partial charge in [0.25, 0.3) is 0 Å². The van der Waals surface area contributed by atoms with E-state index in [0.29, 0.717) is 11.1 Å². The van der Waals surface area contributed by atoms with E-state index in [1.54, 1.807) is 0 Å². The Morgan fingerprint density at radius 3 is 2.56 bits per heavy atom. The van der Waals surface area contributed by atoms with Crippen molar-refractivity contribution in [1.82, 2.24) is 10.2 Å². The molecule has 0 amide bonds. The van der Waals surface area contributed by atoms with E-state index in [4.69, 9.17) is 0 Å². The maximum absolute atomic E-state index is 3.79. The average Bonchev–Trinajstić information content (AvgIpc) is 3.00. The first kappa shape index (κ1) is 11.0. The van der Waals surface area contributed by atoms with Crippen LogP contribution in [0.4, 0.5) is 0 Å². The van der Waals surface area contributed by atoms with Crippen molar-refractivity contribution in [2.75, 3.05) is 19.6 Å². The fraction of sp³-hybridized carbons (Fsp3) is 1.00. The highest BCUT2D eigenvalue weighted by molar-refractivity contribution is 5.07. The lowest BCUT2D eigenvalue weighted by molar-refractivity contribution is -0.0285. The van der Waals surface area contributed by atoms with E-state index >= 15 is 0 Å². The van der Waals surface area contributed by atoms with Gasteiger partial charge in [0.1, 0.15) is 0 Å². The summed E-state index contributed by atoms with van der Waals surface area (Å²) in [6, 6.07) is 0. The summed E-state index contributed by atoms with van der Waals surface area (Å²) in [7, 11) is 0. The third-order valence-corrected chi connectivity index (χ3v) is 5.52. The van der Waals surface area contributed by atoms with Crippen LogP contribution in [-0.2, 0) is 0 Å². The van der Waals surface area contributed by atoms with Crippen molar-refractivity contribution >= 4 is 0 Å². The summed E-state index contributed by atoms with van der Waals surface area (Å²) in [5.41, 5.74) is 1.02. The first-order valence-corrected chi connectivity index (χ1v) is 7.19. The molecule has 2 saturated carbocycles. The van der Waals surface area contributed by atoms with Crippen molar-refractivity contribution in [1.29, 1.82) is 0 Å². The second-order valence-electron chi connectivity index (χ2n) is 6.47. The van der Waals surface area contributed by atoms with E-state index in [0.717, 1.165) is 5.92 Å². The van der Waals surface area contributed by atoms with Crippen LogP contribution in [0.3, 0.4) is 0 Å². The number of nitrogens with zero attached hydrogens (tertiary/aromatic N) is 1. The van der Waals surface area contributed by atoms with Crippen LogP contribution in [0.5, 0.6) is 0 Å². The maximum Gasteiger partial charge on any atom is 0.0309 e. The highest BCUT2D eigenvalue weighted by Crippen LogP contribution is 2.45. The Labute approximate surface area is 99.8 Å². The van der Waals surface area contributed by atoms with Crippen molar-refractivity contribution in [3.63, 3.8) is 0 Å². The maximum atomic E-state index is 3.79. The molecule has 0 spiro atoms. The SMILES string of the molecule is CCC1(N2CCNC(C)(C3CC3)C2)CCC1. The third-order valence-electron chi connectivity index (χ3n) is 5.52. The van der Waals surface area contributed by atoms with Crippen LogP contribution >= 0.6 is 0 Å². The highest BCUT2D eigenvalue weighted by Gasteiger charge is 2.49. The van der Waals surface area contributed by atoms with Gasteiger partial charge < -0.3 is 5.32 Å². The summed E-state index contributed by atoms with van der Waals surface area (Å²) in [5, 5.41) is 3.79. The molecule has 2 nitrogen and oxygen atoms in total. The molecule has 92 valence electrons. The van der Waals surface area contributed by atoms with E-state index in [1.165, 1.54) is 58.2 Å². The van der Waals surface area contributed by atoms with E-state index in [-0.39, 0.29) is 0 Å². The quantitative estimate of drug-likeness (QED) is 0.789. The van der Waals surface area contributed by atoms with Gasteiger partial charge in [-0.05, 0) is 51.4 Å². The van der Waals surface area contributed by atoms with Gasteiger partial charge in [0.15, 0.2) is 0 Å². The largest absolute Gasteiger partial charge is 0.309 e. The molecule has 0 aromatic heterocycles. The topological polar surface area (TPSA) is 15.3 Å². The Kier molecular flexibility index (Phi) is 2.56. The summed E-state index contributed by atoms with van der Waals surface area (Å²) in [6.07, 6.45) is 8.62. The standard InChI is InChI=1S/C14H26N2/c1-3-14(7-4-8-14)16-10-9-15-13(2,11-16)12-5-6-12/h12,15H,3-11H2,1-2H3. The minimum Gasteiger partial charge on any atom is -0.309 e. The Morgan fingerprint density at radius 1 is 1.31 bits per heavy atom. The number of piperazine rings is 1. The van der Waals surface area contributed by atoms with Gasteiger partial charge in [-0.15, -0.1) is 0 Å². The van der Waals surface area contributed by atoms with Crippen LogP contribution in [0.15, 0.2) is 0 Å². The van der Waals surface area contributed by atoms with Gasteiger partial charge in [-0.2, -0.15) is 0 Å². The lowest BCUT2D eigenvalue weighted by atomic mass is 9.72. The average molecular weight is 222 g/mol. The van der Waals surface area contributed by atoms with Crippen LogP contribution in [0.25, 0.3) is 0 Å². The molecule has 0 aromatic rings. The zero-order valence-electron chi connectivity index (χ0n) is 10.9. The highest BCUT2D eigenvalue weighted by atomic mass is 15.3. The van der Waals surface area contributed by atoms with Gasteiger partial charge in [0.05, 0.1) is 0 Å². The molecule has 0 aromatic carbocycles. The molecule has 3 aliphatic rings. The lowest BCUT2D eigenvalue weighted by Gasteiger charge is -2.55. The second-order valence-corrected chi connectivity index (χ2v) is 6.47. The molecule has 2 aliphatic carbocycles. The minimum absolute atomic E-state index is 0.427. The van der Waals surface area contributed by atoms with E-state index < -0.39 is 0 Å². The normalized spacial score (nSPS) is 39.4. The summed E-state index contributed by atoms with van der Waals surface area (Å²) < 4.78 is 0. The number of hydrogen-bond acceptors (Lipinski definition) is 2. The molecule has 1 N–H and O–H groups in total. The van der Waals surface area contributed by atoms with Crippen LogP contribution in [-0.4, -0.2) is 35.6 Å². The van der Waals surface area contributed by atoms with Crippen LogP contribution in [0.2, 0.25) is 0 Å². The summed E-state index contributed by atoms with van der Waals surface area (Å²) in [4.78, 5) is 2.82. The Morgan fingerprint density at radius 2 is 2.06 bits per heavy atom. The molecule has 1 unspecified atom stereocenters. The third kappa shape index (κ3) is 1.62. The molecule has 0 bridgehead atoms. The van der Waals surface area contributed by atoms with E-state index in [9.17, 15) is 0 Å². The first-order chi connectivity index (χ1) is 7.69.